The summed E-state index contributed by atoms with van der Waals surface area (Å²) in [7, 11) is 3.83. The smallest absolute Gasteiger partial charge is 0.295 e. The first-order chi connectivity index (χ1) is 18.2. The minimum absolute atomic E-state index is 0.0612. The Hall–Kier alpha value is -3.65. The Morgan fingerprint density at radius 1 is 1.08 bits per heavy atom. The quantitative estimate of drug-likeness (QED) is 0.168. The third kappa shape index (κ3) is 5.45. The van der Waals surface area contributed by atoms with E-state index in [0.717, 1.165) is 29.7 Å². The highest BCUT2D eigenvalue weighted by Gasteiger charge is 2.46. The molecule has 8 nitrogen and oxygen atoms in total. The molecular formula is C30H38N4O4. The zero-order valence-electron chi connectivity index (χ0n) is 23.0. The highest BCUT2D eigenvalue weighted by molar-refractivity contribution is 6.46. The van der Waals surface area contributed by atoms with Gasteiger partial charge in [-0.3, -0.25) is 9.59 Å². The Kier molecular flexibility index (Phi) is 8.52. The van der Waals surface area contributed by atoms with Crippen LogP contribution in [0.25, 0.3) is 11.4 Å². The van der Waals surface area contributed by atoms with Crippen molar-refractivity contribution >= 4 is 23.1 Å². The van der Waals surface area contributed by atoms with Gasteiger partial charge in [0.2, 0.25) is 0 Å². The molecule has 1 unspecified atom stereocenters. The van der Waals surface area contributed by atoms with Crippen LogP contribution in [-0.2, 0) is 9.59 Å². The normalized spacial score (nSPS) is 17.2. The number of likely N-dealkylation sites (tertiary alicyclic amines) is 1. The molecule has 1 N–H and O–H groups in total. The molecule has 1 aromatic carbocycles. The average molecular weight is 519 g/mol. The third-order valence-corrected chi connectivity index (χ3v) is 7.10. The minimum Gasteiger partial charge on any atom is -0.505 e. The molecule has 2 aromatic heterocycles. The summed E-state index contributed by atoms with van der Waals surface area (Å²) in [5.41, 5.74) is 3.45. The van der Waals surface area contributed by atoms with Crippen molar-refractivity contribution in [2.24, 2.45) is 0 Å². The first-order valence-electron chi connectivity index (χ1n) is 13.3. The minimum atomic E-state index is -0.723. The summed E-state index contributed by atoms with van der Waals surface area (Å²) >= 11 is 0. The van der Waals surface area contributed by atoms with Crippen LogP contribution in [-0.4, -0.2) is 69.8 Å². The van der Waals surface area contributed by atoms with Gasteiger partial charge in [-0.05, 0) is 63.7 Å². The van der Waals surface area contributed by atoms with Gasteiger partial charge in [0.25, 0.3) is 11.7 Å². The summed E-state index contributed by atoms with van der Waals surface area (Å²) in [4.78, 5) is 34.7. The van der Waals surface area contributed by atoms with Crippen molar-refractivity contribution in [1.29, 1.82) is 0 Å². The van der Waals surface area contributed by atoms with E-state index in [4.69, 9.17) is 4.74 Å². The van der Waals surface area contributed by atoms with Crippen LogP contribution in [0.5, 0.6) is 5.75 Å². The second-order valence-electron chi connectivity index (χ2n) is 10.2. The van der Waals surface area contributed by atoms with Gasteiger partial charge in [0.1, 0.15) is 17.1 Å². The van der Waals surface area contributed by atoms with Crippen molar-refractivity contribution in [2.75, 3.05) is 33.8 Å². The van der Waals surface area contributed by atoms with E-state index in [9.17, 15) is 14.7 Å². The number of amides is 1. The second kappa shape index (κ2) is 11.8. The molecule has 0 aliphatic carbocycles. The predicted octanol–water partition coefficient (Wildman–Crippen LogP) is 4.89. The monoisotopic (exact) mass is 518 g/mol. The summed E-state index contributed by atoms with van der Waals surface area (Å²) in [6, 6.07) is 10.6. The molecule has 4 rings (SSSR count). The number of Topliss-reactive ketones (excluding diaryl/α,β-unsaturated/α-hetero) is 1. The fourth-order valence-corrected chi connectivity index (χ4v) is 4.90. The Balaban J connectivity index is 1.73. The number of aliphatic hydroxyl groups excluding tert-OH is 1. The number of nitrogens with zero attached hydrogens (tertiary/aromatic N) is 4. The average Bonchev–Trinajstić information content (AvgIpc) is 3.37. The maximum atomic E-state index is 13.4. The number of fused-ring (bicyclic) bond motifs is 1. The molecule has 1 saturated heterocycles. The summed E-state index contributed by atoms with van der Waals surface area (Å²) < 4.78 is 7.78. The highest BCUT2D eigenvalue weighted by Crippen LogP contribution is 2.40. The number of unbranched alkanes of at least 4 members (excludes halogenated alkanes) is 3. The molecule has 38 heavy (non-hydrogen) atoms. The number of likely N-dealkylation sites (N-methyl/N-ethyl adjacent to an activating group) is 1. The number of aromatic nitrogens is 2. The van der Waals surface area contributed by atoms with Crippen LogP contribution in [0, 0.1) is 13.8 Å². The van der Waals surface area contributed by atoms with Crippen molar-refractivity contribution in [3.63, 3.8) is 0 Å². The molecule has 0 bridgehead atoms. The molecule has 0 radical (unpaired) electrons. The van der Waals surface area contributed by atoms with Crippen molar-refractivity contribution in [3.05, 3.63) is 70.7 Å². The van der Waals surface area contributed by atoms with Crippen LogP contribution in [0.1, 0.15) is 61.2 Å². The number of imidazole rings is 1. The second-order valence-corrected chi connectivity index (χ2v) is 10.2. The first kappa shape index (κ1) is 27.4. The number of pyridine rings is 1. The number of carbonyl (C=O) groups excluding carboxylic acids is 2. The van der Waals surface area contributed by atoms with Gasteiger partial charge in [-0.2, -0.15) is 0 Å². The van der Waals surface area contributed by atoms with Crippen molar-refractivity contribution in [2.45, 2.75) is 52.5 Å². The fourth-order valence-electron chi connectivity index (χ4n) is 4.90. The SMILES string of the molecule is CCCCCCOc1ccc(C2/C(=C(\O)c3nc4c(C)cccn4c3C)C(=O)C(=O)N2CCN(C)C)cc1. The number of hydrogen-bond acceptors (Lipinski definition) is 6. The number of ether oxygens (including phenoxy) is 1. The lowest BCUT2D eigenvalue weighted by Crippen LogP contribution is -2.35. The Bertz CT molecular complexity index is 1340. The van der Waals surface area contributed by atoms with Crippen molar-refractivity contribution in [1.82, 2.24) is 19.2 Å². The third-order valence-electron chi connectivity index (χ3n) is 7.10. The topological polar surface area (TPSA) is 87.4 Å². The van der Waals surface area contributed by atoms with E-state index in [2.05, 4.69) is 11.9 Å². The van der Waals surface area contributed by atoms with Gasteiger partial charge in [-0.25, -0.2) is 4.98 Å². The van der Waals surface area contributed by atoms with E-state index in [1.165, 1.54) is 12.8 Å². The Morgan fingerprint density at radius 3 is 2.47 bits per heavy atom. The van der Waals surface area contributed by atoms with Crippen LogP contribution < -0.4 is 4.74 Å². The fraction of sp³-hybridized carbons (Fsp3) is 0.433. The van der Waals surface area contributed by atoms with Crippen LogP contribution in [0.2, 0.25) is 0 Å². The Labute approximate surface area is 224 Å². The lowest BCUT2D eigenvalue weighted by atomic mass is 9.96. The molecule has 1 aliphatic heterocycles. The van der Waals surface area contributed by atoms with Gasteiger partial charge in [-0.15, -0.1) is 0 Å². The number of benzene rings is 1. The van der Waals surface area contributed by atoms with E-state index in [1.54, 1.807) is 4.90 Å². The lowest BCUT2D eigenvalue weighted by Gasteiger charge is -2.26. The van der Waals surface area contributed by atoms with E-state index < -0.39 is 17.7 Å². The molecule has 1 aliphatic rings. The zero-order valence-corrected chi connectivity index (χ0v) is 23.0. The zero-order chi connectivity index (χ0) is 27.4. The summed E-state index contributed by atoms with van der Waals surface area (Å²) in [6.45, 7) is 7.54. The van der Waals surface area contributed by atoms with Gasteiger partial charge in [0.05, 0.1) is 23.9 Å². The molecule has 3 aromatic rings. The predicted molar refractivity (Wildman–Crippen MR) is 148 cm³/mol. The molecule has 1 amide bonds. The largest absolute Gasteiger partial charge is 0.505 e. The highest BCUT2D eigenvalue weighted by atomic mass is 16.5. The maximum absolute atomic E-state index is 13.4. The number of aliphatic hydroxyl groups is 1. The van der Waals surface area contributed by atoms with Crippen LogP contribution in [0.4, 0.5) is 0 Å². The van der Waals surface area contributed by atoms with Crippen LogP contribution in [0.15, 0.2) is 48.2 Å². The Morgan fingerprint density at radius 2 is 1.82 bits per heavy atom. The van der Waals surface area contributed by atoms with Gasteiger partial charge < -0.3 is 24.0 Å². The van der Waals surface area contributed by atoms with Gasteiger partial charge in [-0.1, -0.05) is 44.4 Å². The van der Waals surface area contributed by atoms with E-state index in [0.29, 0.717) is 36.7 Å². The number of ketones is 1. The van der Waals surface area contributed by atoms with E-state index in [1.807, 2.05) is 79.8 Å². The molecule has 202 valence electrons. The molecular weight excluding hydrogens is 480 g/mol. The number of carbonyl (C=O) groups is 2. The summed E-state index contributed by atoms with van der Waals surface area (Å²) in [5.74, 6) is -0.831. The number of rotatable bonds is 11. The lowest BCUT2D eigenvalue weighted by molar-refractivity contribution is -0.140. The molecule has 3 heterocycles. The van der Waals surface area contributed by atoms with E-state index >= 15 is 0 Å². The van der Waals surface area contributed by atoms with Crippen molar-refractivity contribution in [3.8, 4) is 5.75 Å². The van der Waals surface area contributed by atoms with Crippen molar-refractivity contribution < 1.29 is 19.4 Å². The molecule has 0 spiro atoms. The summed E-state index contributed by atoms with van der Waals surface area (Å²) in [6.07, 6.45) is 6.37. The maximum Gasteiger partial charge on any atom is 0.295 e. The van der Waals surface area contributed by atoms with Gasteiger partial charge in [0.15, 0.2) is 5.76 Å². The standard InChI is InChI=1S/C30H38N4O4/c1-6-7-8-9-19-38-23-14-12-22(13-15-23)26-24(28(36)30(37)34(26)18-17-32(4)5)27(35)25-21(3)33-16-10-11-20(2)29(33)31-25/h10-16,26,35H,6-9,17-19H2,1-5H3/b27-24+. The molecule has 1 fully saturated rings. The molecule has 0 saturated carbocycles. The van der Waals surface area contributed by atoms with Crippen LogP contribution >= 0.6 is 0 Å². The van der Waals surface area contributed by atoms with E-state index in [-0.39, 0.29) is 11.3 Å². The van der Waals surface area contributed by atoms with Crippen LogP contribution in [0.3, 0.4) is 0 Å². The molecule has 1 atom stereocenters. The molecule has 8 heteroatoms. The summed E-state index contributed by atoms with van der Waals surface area (Å²) in [5, 5.41) is 11.5. The van der Waals surface area contributed by atoms with Gasteiger partial charge >= 0.3 is 0 Å². The van der Waals surface area contributed by atoms with Gasteiger partial charge in [0, 0.05) is 19.3 Å². The number of hydrogen-bond donors (Lipinski definition) is 1. The first-order valence-corrected chi connectivity index (χ1v) is 13.3. The number of aryl methyl sites for hydroxylation is 2.